The summed E-state index contributed by atoms with van der Waals surface area (Å²) in [5.41, 5.74) is 3.98. The summed E-state index contributed by atoms with van der Waals surface area (Å²) in [5.74, 6) is 1.20. The van der Waals surface area contributed by atoms with Crippen molar-refractivity contribution in [3.63, 3.8) is 0 Å². The van der Waals surface area contributed by atoms with Crippen molar-refractivity contribution in [2.75, 3.05) is 43.6 Å². The van der Waals surface area contributed by atoms with Gasteiger partial charge >= 0.3 is 0 Å². The Labute approximate surface area is 188 Å². The minimum absolute atomic E-state index is 0.327. The van der Waals surface area contributed by atoms with E-state index in [1.54, 1.807) is 24.3 Å². The third-order valence-electron chi connectivity index (χ3n) is 5.33. The Morgan fingerprint density at radius 2 is 2.03 bits per heavy atom. The number of nitrogens with one attached hydrogen (secondary N) is 3. The minimum atomic E-state index is -0.327. The molecule has 1 saturated heterocycles. The Bertz CT molecular complexity index is 1280. The number of anilines is 2. The zero-order valence-corrected chi connectivity index (χ0v) is 18.1. The number of halogens is 1. The van der Waals surface area contributed by atoms with Crippen LogP contribution < -0.4 is 15.0 Å². The summed E-state index contributed by atoms with van der Waals surface area (Å²) >= 11 is 6.11. The molecular formula is C22H21ClN6O3. The normalized spacial score (nSPS) is 14.0. The van der Waals surface area contributed by atoms with Crippen molar-refractivity contribution >= 4 is 40.0 Å². The lowest BCUT2D eigenvalue weighted by Crippen LogP contribution is -2.36. The maximum atomic E-state index is 12.5. The van der Waals surface area contributed by atoms with Crippen LogP contribution in [0.2, 0.25) is 5.02 Å². The van der Waals surface area contributed by atoms with Gasteiger partial charge in [0, 0.05) is 30.4 Å². The molecule has 0 spiro atoms. The molecule has 1 amide bonds. The van der Waals surface area contributed by atoms with Gasteiger partial charge < -0.3 is 24.7 Å². The Balaban J connectivity index is 1.33. The van der Waals surface area contributed by atoms with Crippen LogP contribution in [-0.4, -0.2) is 59.5 Å². The molecule has 1 aliphatic rings. The van der Waals surface area contributed by atoms with Crippen molar-refractivity contribution in [3.05, 3.63) is 53.1 Å². The molecule has 0 atom stereocenters. The van der Waals surface area contributed by atoms with E-state index in [0.717, 1.165) is 43.0 Å². The number of hydrogen-bond acceptors (Lipinski definition) is 6. The highest BCUT2D eigenvalue weighted by atomic mass is 35.5. The monoisotopic (exact) mass is 452 g/mol. The highest BCUT2D eigenvalue weighted by molar-refractivity contribution is 6.32. The van der Waals surface area contributed by atoms with Crippen LogP contribution in [0.1, 0.15) is 10.4 Å². The van der Waals surface area contributed by atoms with Gasteiger partial charge in [-0.05, 0) is 36.4 Å². The van der Waals surface area contributed by atoms with Gasteiger partial charge in [0.25, 0.3) is 5.91 Å². The lowest BCUT2D eigenvalue weighted by Gasteiger charge is -2.28. The predicted molar refractivity (Wildman–Crippen MR) is 123 cm³/mol. The average Bonchev–Trinajstić information content (AvgIpc) is 3.46. The molecule has 2 aromatic heterocycles. The number of amides is 1. The SMILES string of the molecule is COc1ccc(C(=O)Nc2cc(-c3nc4ccc(N5CCOCC5)cc4[nH]3)[nH]n2)cc1Cl. The van der Waals surface area contributed by atoms with Crippen LogP contribution in [0.5, 0.6) is 5.75 Å². The van der Waals surface area contributed by atoms with Crippen molar-refractivity contribution in [2.45, 2.75) is 0 Å². The van der Waals surface area contributed by atoms with E-state index in [1.165, 1.54) is 7.11 Å². The van der Waals surface area contributed by atoms with Gasteiger partial charge in [-0.25, -0.2) is 4.98 Å². The van der Waals surface area contributed by atoms with Crippen LogP contribution in [-0.2, 0) is 4.74 Å². The standard InChI is InChI=1S/C22H21ClN6O3/c1-31-19-5-2-13(10-15(19)23)22(30)26-20-12-18(27-28-20)21-24-16-4-3-14(11-17(16)25-21)29-6-8-32-9-7-29/h2-5,10-12H,6-9H2,1H3,(H,24,25)(H2,26,27,28,30). The van der Waals surface area contributed by atoms with Gasteiger partial charge in [-0.2, -0.15) is 5.10 Å². The van der Waals surface area contributed by atoms with Crippen molar-refractivity contribution < 1.29 is 14.3 Å². The molecule has 1 aliphatic heterocycles. The largest absolute Gasteiger partial charge is 0.495 e. The van der Waals surface area contributed by atoms with Crippen LogP contribution in [0.15, 0.2) is 42.5 Å². The van der Waals surface area contributed by atoms with Gasteiger partial charge in [0.05, 0.1) is 36.4 Å². The van der Waals surface area contributed by atoms with E-state index in [-0.39, 0.29) is 5.91 Å². The summed E-state index contributed by atoms with van der Waals surface area (Å²) in [6, 6.07) is 12.7. The summed E-state index contributed by atoms with van der Waals surface area (Å²) in [6.45, 7) is 3.21. The number of morpholine rings is 1. The highest BCUT2D eigenvalue weighted by Gasteiger charge is 2.15. The number of aromatic amines is 2. The number of carbonyl (C=O) groups is 1. The summed E-state index contributed by atoms with van der Waals surface area (Å²) in [7, 11) is 1.52. The fraction of sp³-hybridized carbons (Fsp3) is 0.227. The van der Waals surface area contributed by atoms with Gasteiger partial charge in [0.2, 0.25) is 0 Å². The summed E-state index contributed by atoms with van der Waals surface area (Å²) in [6.07, 6.45) is 0. The van der Waals surface area contributed by atoms with Crippen molar-refractivity contribution in [3.8, 4) is 17.3 Å². The molecular weight excluding hydrogens is 432 g/mol. The van der Waals surface area contributed by atoms with E-state index in [0.29, 0.717) is 33.7 Å². The maximum absolute atomic E-state index is 12.5. The smallest absolute Gasteiger partial charge is 0.256 e. The molecule has 0 radical (unpaired) electrons. The number of H-pyrrole nitrogens is 2. The quantitative estimate of drug-likeness (QED) is 0.426. The number of imidazole rings is 1. The van der Waals surface area contributed by atoms with E-state index in [4.69, 9.17) is 21.1 Å². The van der Waals surface area contributed by atoms with E-state index in [1.807, 2.05) is 6.07 Å². The molecule has 164 valence electrons. The number of aromatic nitrogens is 4. The molecule has 0 bridgehead atoms. The average molecular weight is 453 g/mol. The molecule has 32 heavy (non-hydrogen) atoms. The first-order valence-corrected chi connectivity index (χ1v) is 10.5. The molecule has 10 heteroatoms. The first-order chi connectivity index (χ1) is 15.6. The van der Waals surface area contributed by atoms with Crippen LogP contribution in [0.3, 0.4) is 0 Å². The van der Waals surface area contributed by atoms with Gasteiger partial charge in [-0.15, -0.1) is 0 Å². The topological polar surface area (TPSA) is 108 Å². The fourth-order valence-electron chi connectivity index (χ4n) is 3.65. The molecule has 3 N–H and O–H groups in total. The van der Waals surface area contributed by atoms with Gasteiger partial charge in [0.15, 0.2) is 11.6 Å². The predicted octanol–water partition coefficient (Wildman–Crippen LogP) is 3.70. The molecule has 3 heterocycles. The van der Waals surface area contributed by atoms with Crippen LogP contribution in [0.4, 0.5) is 11.5 Å². The first kappa shape index (κ1) is 20.3. The van der Waals surface area contributed by atoms with Crippen molar-refractivity contribution in [2.24, 2.45) is 0 Å². The van der Waals surface area contributed by atoms with E-state index < -0.39 is 0 Å². The molecule has 1 fully saturated rings. The van der Waals surface area contributed by atoms with Crippen LogP contribution >= 0.6 is 11.6 Å². The van der Waals surface area contributed by atoms with Gasteiger partial charge in [-0.3, -0.25) is 9.89 Å². The maximum Gasteiger partial charge on any atom is 0.256 e. The van der Waals surface area contributed by atoms with Crippen LogP contribution in [0, 0.1) is 0 Å². The Morgan fingerprint density at radius 1 is 1.19 bits per heavy atom. The Morgan fingerprint density at radius 3 is 2.81 bits per heavy atom. The number of ether oxygens (including phenoxy) is 2. The molecule has 4 aromatic rings. The third kappa shape index (κ3) is 4.00. The number of carbonyl (C=O) groups excluding carboxylic acids is 1. The number of methoxy groups -OCH3 is 1. The lowest BCUT2D eigenvalue weighted by molar-refractivity contribution is 0.102. The first-order valence-electron chi connectivity index (χ1n) is 10.1. The molecule has 0 aliphatic carbocycles. The van der Waals surface area contributed by atoms with Gasteiger partial charge in [-0.1, -0.05) is 11.6 Å². The second-order valence-electron chi connectivity index (χ2n) is 7.36. The molecule has 5 rings (SSSR count). The summed E-state index contributed by atoms with van der Waals surface area (Å²) < 4.78 is 10.5. The third-order valence-corrected chi connectivity index (χ3v) is 5.63. The Kier molecular flexibility index (Phi) is 5.42. The zero-order chi connectivity index (χ0) is 22.1. The summed E-state index contributed by atoms with van der Waals surface area (Å²) in [4.78, 5) is 22.8. The van der Waals surface area contributed by atoms with E-state index in [2.05, 4.69) is 42.5 Å². The van der Waals surface area contributed by atoms with E-state index >= 15 is 0 Å². The number of benzene rings is 2. The fourth-order valence-corrected chi connectivity index (χ4v) is 3.90. The molecule has 9 nitrogen and oxygen atoms in total. The number of nitrogens with zero attached hydrogens (tertiary/aromatic N) is 3. The van der Waals surface area contributed by atoms with Crippen molar-refractivity contribution in [1.82, 2.24) is 20.2 Å². The van der Waals surface area contributed by atoms with Crippen molar-refractivity contribution in [1.29, 1.82) is 0 Å². The number of hydrogen-bond donors (Lipinski definition) is 3. The molecule has 2 aromatic carbocycles. The summed E-state index contributed by atoms with van der Waals surface area (Å²) in [5, 5.41) is 10.2. The van der Waals surface area contributed by atoms with Crippen LogP contribution in [0.25, 0.3) is 22.6 Å². The Hall–Kier alpha value is -3.56. The lowest BCUT2D eigenvalue weighted by atomic mass is 10.2. The van der Waals surface area contributed by atoms with E-state index in [9.17, 15) is 4.79 Å². The minimum Gasteiger partial charge on any atom is -0.495 e. The van der Waals surface area contributed by atoms with Gasteiger partial charge in [0.1, 0.15) is 11.4 Å². The number of rotatable bonds is 5. The number of fused-ring (bicyclic) bond motifs is 1. The second kappa shape index (κ2) is 8.52. The highest BCUT2D eigenvalue weighted by Crippen LogP contribution is 2.27. The zero-order valence-electron chi connectivity index (χ0n) is 17.3. The molecule has 0 saturated carbocycles. The second-order valence-corrected chi connectivity index (χ2v) is 7.76. The molecule has 0 unspecified atom stereocenters.